The van der Waals surface area contributed by atoms with Gasteiger partial charge in [-0.1, -0.05) is 23.7 Å². The third-order valence-electron chi connectivity index (χ3n) is 6.64. The number of methoxy groups -OCH3 is 1. The van der Waals surface area contributed by atoms with Crippen molar-refractivity contribution in [2.24, 2.45) is 5.14 Å². The molecule has 2 N–H and O–H groups in total. The minimum atomic E-state index is -4.64. The molecule has 0 amide bonds. The fraction of sp³-hybridized carbons (Fsp3) is 0.321. The molecular formula is C28H28ClF3N4O4S. The molecule has 0 aliphatic heterocycles. The molecule has 4 rings (SSSR count). The average Bonchev–Trinajstić information content (AvgIpc) is 2.92. The lowest BCUT2D eigenvalue weighted by atomic mass is 9.88. The van der Waals surface area contributed by atoms with E-state index in [1.165, 1.54) is 48.9 Å². The van der Waals surface area contributed by atoms with Gasteiger partial charge in [0.25, 0.3) is 5.56 Å². The number of pyridine rings is 1. The van der Waals surface area contributed by atoms with Crippen LogP contribution in [0.25, 0.3) is 22.2 Å². The predicted molar refractivity (Wildman–Crippen MR) is 153 cm³/mol. The number of halogens is 4. The number of rotatable bonds is 10. The van der Waals surface area contributed by atoms with Gasteiger partial charge in [-0.3, -0.25) is 14.9 Å². The minimum absolute atomic E-state index is 0.111. The maximum absolute atomic E-state index is 14.0. The quantitative estimate of drug-likeness (QED) is 0.250. The van der Waals surface area contributed by atoms with Crippen molar-refractivity contribution in [1.82, 2.24) is 14.8 Å². The molecule has 41 heavy (non-hydrogen) atoms. The molecule has 0 saturated carbocycles. The summed E-state index contributed by atoms with van der Waals surface area (Å²) in [4.78, 5) is 16.8. The van der Waals surface area contributed by atoms with Gasteiger partial charge in [0.2, 0.25) is 0 Å². The molecule has 0 aliphatic carbocycles. The van der Waals surface area contributed by atoms with E-state index in [1.54, 1.807) is 31.5 Å². The molecule has 2 atom stereocenters. The molecule has 0 aliphatic rings. The summed E-state index contributed by atoms with van der Waals surface area (Å²) in [5.41, 5.74) is 0.910. The molecule has 13 heteroatoms. The van der Waals surface area contributed by atoms with Crippen molar-refractivity contribution in [3.8, 4) is 22.8 Å². The van der Waals surface area contributed by atoms with Crippen LogP contribution in [0, 0.1) is 0 Å². The summed E-state index contributed by atoms with van der Waals surface area (Å²) in [6.07, 6.45) is -3.54. The number of nitrogens with two attached hydrogens (primary N) is 1. The van der Waals surface area contributed by atoms with E-state index in [4.69, 9.17) is 26.2 Å². The molecule has 218 valence electrons. The van der Waals surface area contributed by atoms with Crippen LogP contribution in [-0.2, 0) is 17.5 Å². The Morgan fingerprint density at radius 1 is 1.10 bits per heavy atom. The molecule has 2 aromatic carbocycles. The average molecular weight is 609 g/mol. The Labute approximate surface area is 241 Å². The van der Waals surface area contributed by atoms with Crippen molar-refractivity contribution in [2.75, 3.05) is 13.7 Å². The van der Waals surface area contributed by atoms with Crippen molar-refractivity contribution in [2.45, 2.75) is 43.7 Å². The van der Waals surface area contributed by atoms with Crippen LogP contribution in [0.3, 0.4) is 0 Å². The summed E-state index contributed by atoms with van der Waals surface area (Å²) in [5, 5.41) is 10.4. The number of fused-ring (bicyclic) bond motifs is 1. The number of ether oxygens (including phenoxy) is 2. The molecule has 0 saturated heterocycles. The fourth-order valence-corrected chi connectivity index (χ4v) is 4.95. The lowest BCUT2D eigenvalue weighted by Gasteiger charge is -2.29. The van der Waals surface area contributed by atoms with Crippen LogP contribution in [0.4, 0.5) is 13.2 Å². The van der Waals surface area contributed by atoms with E-state index in [1.807, 2.05) is 6.07 Å². The van der Waals surface area contributed by atoms with Gasteiger partial charge in [0.15, 0.2) is 0 Å². The van der Waals surface area contributed by atoms with E-state index in [-0.39, 0.29) is 29.3 Å². The second kappa shape index (κ2) is 12.2. The van der Waals surface area contributed by atoms with E-state index in [2.05, 4.69) is 10.1 Å². The minimum Gasteiger partial charge on any atom is -0.497 e. The first-order chi connectivity index (χ1) is 19.3. The second-order valence-electron chi connectivity index (χ2n) is 9.91. The van der Waals surface area contributed by atoms with Gasteiger partial charge in [-0.25, -0.2) is 8.89 Å². The van der Waals surface area contributed by atoms with Crippen LogP contribution in [-0.4, -0.2) is 43.6 Å². The fourth-order valence-electron chi connectivity index (χ4n) is 4.30. The number of aromatic nitrogens is 3. The highest BCUT2D eigenvalue weighted by molar-refractivity contribution is 7.84. The molecule has 0 spiro atoms. The maximum Gasteiger partial charge on any atom is 0.395 e. The van der Waals surface area contributed by atoms with E-state index in [9.17, 15) is 22.2 Å². The SMILES string of the molecule is COc1ccc2c(OCCn3nc(-c4ccc([C@H](CC(C)(C)S(N)=O)C(F)(F)F)c(Cl)c4)ccc3=O)ccnc2c1. The van der Waals surface area contributed by atoms with Gasteiger partial charge in [0, 0.05) is 34.3 Å². The van der Waals surface area contributed by atoms with Crippen LogP contribution in [0.2, 0.25) is 5.02 Å². The van der Waals surface area contributed by atoms with Crippen LogP contribution in [0.1, 0.15) is 31.7 Å². The Bertz CT molecular complexity index is 1650. The van der Waals surface area contributed by atoms with Crippen molar-refractivity contribution in [1.29, 1.82) is 0 Å². The highest BCUT2D eigenvalue weighted by Gasteiger charge is 2.45. The third kappa shape index (κ3) is 7.06. The number of hydrogen-bond donors (Lipinski definition) is 1. The predicted octanol–water partition coefficient (Wildman–Crippen LogP) is 5.64. The summed E-state index contributed by atoms with van der Waals surface area (Å²) in [6, 6.07) is 14.0. The first-order valence-electron chi connectivity index (χ1n) is 12.5. The molecule has 0 radical (unpaired) electrons. The highest BCUT2D eigenvalue weighted by Crippen LogP contribution is 2.44. The molecule has 0 bridgehead atoms. The van der Waals surface area contributed by atoms with Crippen molar-refractivity contribution < 1.29 is 26.9 Å². The van der Waals surface area contributed by atoms with E-state index in [0.717, 1.165) is 5.39 Å². The monoisotopic (exact) mass is 608 g/mol. The normalized spacial score (nSPS) is 13.7. The molecule has 1 unspecified atom stereocenters. The van der Waals surface area contributed by atoms with Gasteiger partial charge in [0.05, 0.1) is 46.5 Å². The molecule has 2 heterocycles. The van der Waals surface area contributed by atoms with Crippen molar-refractivity contribution in [3.05, 3.63) is 81.7 Å². The zero-order valence-corrected chi connectivity index (χ0v) is 24.0. The molecule has 0 fully saturated rings. The first kappa shape index (κ1) is 30.5. The number of alkyl halides is 3. The van der Waals surface area contributed by atoms with Crippen LogP contribution in [0.15, 0.2) is 65.6 Å². The standard InChI is InChI=1S/C28H28ClF3N4O4S/c1-27(2,41(33)38)16-21(28(30,31)32)19-6-4-17(14-22(19)29)23-8-9-26(37)36(35-23)12-13-40-25-10-11-34-24-15-18(39-3)5-7-20(24)25/h4-11,14-15,21H,12-13,16,33H2,1-3H3/t21-,41?/m0/s1. The van der Waals surface area contributed by atoms with E-state index < -0.39 is 34.2 Å². The summed E-state index contributed by atoms with van der Waals surface area (Å²) < 4.78 is 64.8. The Balaban J connectivity index is 1.54. The summed E-state index contributed by atoms with van der Waals surface area (Å²) in [6.45, 7) is 3.05. The van der Waals surface area contributed by atoms with Gasteiger partial charge in [-0.2, -0.15) is 18.3 Å². The number of benzene rings is 2. The Morgan fingerprint density at radius 2 is 1.85 bits per heavy atom. The lowest BCUT2D eigenvalue weighted by molar-refractivity contribution is -0.153. The zero-order chi connectivity index (χ0) is 29.9. The zero-order valence-electron chi connectivity index (χ0n) is 22.4. The smallest absolute Gasteiger partial charge is 0.395 e. The van der Waals surface area contributed by atoms with Gasteiger partial charge >= 0.3 is 6.18 Å². The van der Waals surface area contributed by atoms with E-state index >= 15 is 0 Å². The summed E-state index contributed by atoms with van der Waals surface area (Å²) in [5.74, 6) is -0.742. The Morgan fingerprint density at radius 3 is 2.51 bits per heavy atom. The van der Waals surface area contributed by atoms with Gasteiger partial charge in [-0.15, -0.1) is 0 Å². The highest BCUT2D eigenvalue weighted by atomic mass is 35.5. The van der Waals surface area contributed by atoms with Gasteiger partial charge in [-0.05, 0) is 56.2 Å². The second-order valence-corrected chi connectivity index (χ2v) is 12.0. The molecule has 4 aromatic rings. The van der Waals surface area contributed by atoms with E-state index in [0.29, 0.717) is 28.3 Å². The molecular weight excluding hydrogens is 581 g/mol. The third-order valence-corrected chi connectivity index (χ3v) is 8.23. The summed E-state index contributed by atoms with van der Waals surface area (Å²) in [7, 11) is -0.413. The van der Waals surface area contributed by atoms with Crippen molar-refractivity contribution in [3.63, 3.8) is 0 Å². The van der Waals surface area contributed by atoms with Crippen LogP contribution < -0.4 is 20.2 Å². The Kier molecular flexibility index (Phi) is 9.05. The summed E-state index contributed by atoms with van der Waals surface area (Å²) >= 11 is 6.34. The van der Waals surface area contributed by atoms with Gasteiger partial charge in [0.1, 0.15) is 18.1 Å². The molecule has 8 nitrogen and oxygen atoms in total. The largest absolute Gasteiger partial charge is 0.497 e. The number of nitrogens with zero attached hydrogens (tertiary/aromatic N) is 3. The number of hydrogen-bond acceptors (Lipinski definition) is 6. The topological polar surface area (TPSA) is 109 Å². The van der Waals surface area contributed by atoms with Crippen LogP contribution in [0.5, 0.6) is 11.5 Å². The maximum atomic E-state index is 14.0. The Hall–Kier alpha value is -3.48. The molecule has 2 aromatic heterocycles. The first-order valence-corrected chi connectivity index (χ1v) is 14.1. The van der Waals surface area contributed by atoms with Crippen LogP contribution >= 0.6 is 11.6 Å². The van der Waals surface area contributed by atoms with Crippen molar-refractivity contribution >= 4 is 33.5 Å². The van der Waals surface area contributed by atoms with Gasteiger partial charge < -0.3 is 9.47 Å². The lowest BCUT2D eigenvalue weighted by Crippen LogP contribution is -2.37.